The van der Waals surface area contributed by atoms with Crippen LogP contribution < -0.4 is 4.72 Å². The van der Waals surface area contributed by atoms with E-state index in [2.05, 4.69) is 20.7 Å². The lowest BCUT2D eigenvalue weighted by molar-refractivity contribution is 0.270. The first-order valence-corrected chi connectivity index (χ1v) is 8.76. The van der Waals surface area contributed by atoms with E-state index in [-0.39, 0.29) is 6.04 Å². The normalized spacial score (nSPS) is 21.3. The van der Waals surface area contributed by atoms with Crippen molar-refractivity contribution in [3.63, 3.8) is 0 Å². The number of benzene rings is 1. The van der Waals surface area contributed by atoms with Gasteiger partial charge in [0.2, 0.25) is 0 Å². The van der Waals surface area contributed by atoms with Gasteiger partial charge in [-0.15, -0.1) is 0 Å². The van der Waals surface area contributed by atoms with Crippen molar-refractivity contribution in [1.82, 2.24) is 4.31 Å². The van der Waals surface area contributed by atoms with Crippen molar-refractivity contribution in [2.75, 3.05) is 11.3 Å². The van der Waals surface area contributed by atoms with Crippen LogP contribution in [0.1, 0.15) is 26.2 Å². The Morgan fingerprint density at radius 2 is 2.16 bits per heavy atom. The SMILES string of the molecule is CC1CCCCN1S(=O)(=O)Nc1ccc(Cl)c(Br)c1. The summed E-state index contributed by atoms with van der Waals surface area (Å²) in [6, 6.07) is 5.01. The lowest BCUT2D eigenvalue weighted by Crippen LogP contribution is -2.44. The third kappa shape index (κ3) is 3.62. The number of rotatable bonds is 3. The maximum atomic E-state index is 12.3. The van der Waals surface area contributed by atoms with E-state index >= 15 is 0 Å². The van der Waals surface area contributed by atoms with Crippen molar-refractivity contribution >= 4 is 43.4 Å². The molecule has 106 valence electrons. The molecule has 0 saturated carbocycles. The molecule has 19 heavy (non-hydrogen) atoms. The van der Waals surface area contributed by atoms with Crippen LogP contribution in [0.4, 0.5) is 5.69 Å². The van der Waals surface area contributed by atoms with E-state index in [1.807, 2.05) is 6.92 Å². The number of hydrogen-bond acceptors (Lipinski definition) is 2. The molecule has 0 radical (unpaired) electrons. The molecule has 4 nitrogen and oxygen atoms in total. The van der Waals surface area contributed by atoms with E-state index in [0.29, 0.717) is 21.7 Å². The first-order valence-electron chi connectivity index (χ1n) is 6.15. The minimum absolute atomic E-state index is 0.0435. The summed E-state index contributed by atoms with van der Waals surface area (Å²) in [7, 11) is -3.50. The van der Waals surface area contributed by atoms with E-state index in [0.717, 1.165) is 19.3 Å². The van der Waals surface area contributed by atoms with Crippen molar-refractivity contribution in [2.45, 2.75) is 32.2 Å². The zero-order chi connectivity index (χ0) is 14.0. The molecule has 1 saturated heterocycles. The van der Waals surface area contributed by atoms with Crippen LogP contribution >= 0.6 is 27.5 Å². The number of piperidine rings is 1. The lowest BCUT2D eigenvalue weighted by atomic mass is 10.1. The highest BCUT2D eigenvalue weighted by molar-refractivity contribution is 9.10. The minimum atomic E-state index is -3.50. The number of halogens is 2. The molecular weight excluding hydrogens is 352 g/mol. The van der Waals surface area contributed by atoms with E-state index in [4.69, 9.17) is 11.6 Å². The predicted molar refractivity (Wildman–Crippen MR) is 81.7 cm³/mol. The Morgan fingerprint density at radius 3 is 2.79 bits per heavy atom. The molecule has 1 fully saturated rings. The van der Waals surface area contributed by atoms with Gasteiger partial charge in [-0.25, -0.2) is 0 Å². The van der Waals surface area contributed by atoms with Crippen LogP contribution in [-0.4, -0.2) is 25.3 Å². The zero-order valence-corrected chi connectivity index (χ0v) is 13.7. The Morgan fingerprint density at radius 1 is 1.42 bits per heavy atom. The van der Waals surface area contributed by atoms with Gasteiger partial charge in [0.25, 0.3) is 0 Å². The number of hydrogen-bond donors (Lipinski definition) is 1. The van der Waals surface area contributed by atoms with Gasteiger partial charge in [0.05, 0.1) is 10.7 Å². The molecule has 1 atom stereocenters. The van der Waals surface area contributed by atoms with Crippen molar-refractivity contribution in [1.29, 1.82) is 0 Å². The second kappa shape index (κ2) is 5.99. The Balaban J connectivity index is 2.18. The summed E-state index contributed by atoms with van der Waals surface area (Å²) in [6.45, 7) is 2.52. The maximum Gasteiger partial charge on any atom is 0.301 e. The molecule has 1 aromatic carbocycles. The van der Waals surface area contributed by atoms with E-state index < -0.39 is 10.2 Å². The summed E-state index contributed by atoms with van der Waals surface area (Å²) in [5, 5.41) is 0.550. The monoisotopic (exact) mass is 366 g/mol. The molecule has 0 spiro atoms. The number of anilines is 1. The lowest BCUT2D eigenvalue weighted by Gasteiger charge is -2.32. The molecule has 2 rings (SSSR count). The summed E-state index contributed by atoms with van der Waals surface area (Å²) in [5.74, 6) is 0. The average Bonchev–Trinajstić information content (AvgIpc) is 2.34. The van der Waals surface area contributed by atoms with Gasteiger partial charge in [-0.1, -0.05) is 18.0 Å². The Hall–Kier alpha value is -0.300. The quantitative estimate of drug-likeness (QED) is 0.887. The summed E-state index contributed by atoms with van der Waals surface area (Å²) < 4.78 is 29.4. The molecule has 0 aromatic heterocycles. The largest absolute Gasteiger partial charge is 0.301 e. The minimum Gasteiger partial charge on any atom is -0.271 e. The van der Waals surface area contributed by atoms with Crippen molar-refractivity contribution in [2.24, 2.45) is 0 Å². The molecule has 1 N–H and O–H groups in total. The average molecular weight is 368 g/mol. The number of nitrogens with zero attached hydrogens (tertiary/aromatic N) is 1. The van der Waals surface area contributed by atoms with Gasteiger partial charge in [-0.05, 0) is 53.9 Å². The van der Waals surface area contributed by atoms with Crippen LogP contribution in [0.25, 0.3) is 0 Å². The van der Waals surface area contributed by atoms with Gasteiger partial charge in [0, 0.05) is 17.1 Å². The second-order valence-corrected chi connectivity index (χ2v) is 7.58. The predicted octanol–water partition coefficient (Wildman–Crippen LogP) is 3.63. The topological polar surface area (TPSA) is 49.4 Å². The highest BCUT2D eigenvalue weighted by Gasteiger charge is 2.29. The van der Waals surface area contributed by atoms with Crippen LogP contribution in [-0.2, 0) is 10.2 Å². The van der Waals surface area contributed by atoms with Crippen molar-refractivity contribution in [3.05, 3.63) is 27.7 Å². The van der Waals surface area contributed by atoms with E-state index in [1.165, 1.54) is 4.31 Å². The molecule has 1 aliphatic rings. The van der Waals surface area contributed by atoms with Crippen LogP contribution in [0, 0.1) is 0 Å². The van der Waals surface area contributed by atoms with Crippen molar-refractivity contribution < 1.29 is 8.42 Å². The molecular formula is C12H16BrClN2O2S. The smallest absolute Gasteiger partial charge is 0.271 e. The highest BCUT2D eigenvalue weighted by atomic mass is 79.9. The summed E-state index contributed by atoms with van der Waals surface area (Å²) >= 11 is 9.17. The van der Waals surface area contributed by atoms with E-state index in [9.17, 15) is 8.42 Å². The Bertz CT molecular complexity index is 565. The van der Waals surface area contributed by atoms with Crippen LogP contribution in [0.2, 0.25) is 5.02 Å². The Labute approximate surface area is 127 Å². The second-order valence-electron chi connectivity index (χ2n) is 4.69. The number of nitrogens with one attached hydrogen (secondary N) is 1. The van der Waals surface area contributed by atoms with Gasteiger partial charge in [0.15, 0.2) is 0 Å². The van der Waals surface area contributed by atoms with Crippen LogP contribution in [0.15, 0.2) is 22.7 Å². The summed E-state index contributed by atoms with van der Waals surface area (Å²) in [6.07, 6.45) is 2.90. The zero-order valence-electron chi connectivity index (χ0n) is 10.6. The maximum absolute atomic E-state index is 12.3. The van der Waals surface area contributed by atoms with Gasteiger partial charge in [-0.2, -0.15) is 12.7 Å². The third-order valence-electron chi connectivity index (χ3n) is 3.22. The first-order chi connectivity index (χ1) is 8.90. The third-order valence-corrected chi connectivity index (χ3v) is 6.08. The summed E-state index contributed by atoms with van der Waals surface area (Å²) in [4.78, 5) is 0. The molecule has 0 bridgehead atoms. The Kier molecular flexibility index (Phi) is 4.76. The van der Waals surface area contributed by atoms with Gasteiger partial charge in [0.1, 0.15) is 0 Å². The fraction of sp³-hybridized carbons (Fsp3) is 0.500. The molecule has 1 aliphatic heterocycles. The fourth-order valence-electron chi connectivity index (χ4n) is 2.20. The van der Waals surface area contributed by atoms with Gasteiger partial charge >= 0.3 is 10.2 Å². The van der Waals surface area contributed by atoms with E-state index in [1.54, 1.807) is 18.2 Å². The molecule has 1 aromatic rings. The standard InChI is InChI=1S/C12H16BrClN2O2S/c1-9-4-2-3-7-16(9)19(17,18)15-10-5-6-12(14)11(13)8-10/h5-6,8-9,15H,2-4,7H2,1H3. The molecule has 1 unspecified atom stereocenters. The summed E-state index contributed by atoms with van der Waals surface area (Å²) in [5.41, 5.74) is 0.508. The fourth-order valence-corrected chi connectivity index (χ4v) is 4.18. The molecule has 7 heteroatoms. The van der Waals surface area contributed by atoms with Crippen molar-refractivity contribution in [3.8, 4) is 0 Å². The molecule has 1 heterocycles. The highest BCUT2D eigenvalue weighted by Crippen LogP contribution is 2.27. The molecule has 0 amide bonds. The van der Waals surface area contributed by atoms with Crippen LogP contribution in [0.5, 0.6) is 0 Å². The molecule has 0 aliphatic carbocycles. The van der Waals surface area contributed by atoms with Gasteiger partial charge < -0.3 is 0 Å². The van der Waals surface area contributed by atoms with Crippen LogP contribution in [0.3, 0.4) is 0 Å². The first kappa shape index (κ1) is 15.1. The van der Waals surface area contributed by atoms with Gasteiger partial charge in [-0.3, -0.25) is 4.72 Å².